The van der Waals surface area contributed by atoms with Crippen molar-refractivity contribution < 1.29 is 49.3 Å². The van der Waals surface area contributed by atoms with Gasteiger partial charge in [-0.15, -0.1) is 0 Å². The first-order chi connectivity index (χ1) is 21.5. The molecule has 1 heterocycles. The van der Waals surface area contributed by atoms with E-state index in [2.05, 4.69) is 6.92 Å². The van der Waals surface area contributed by atoms with E-state index in [4.69, 9.17) is 14.2 Å². The minimum atomic E-state index is -4.36. The van der Waals surface area contributed by atoms with Gasteiger partial charge in [0.25, 0.3) is 0 Å². The van der Waals surface area contributed by atoms with Crippen LogP contribution in [0.2, 0.25) is 0 Å². The molecule has 244 valence electrons. The second-order valence-electron chi connectivity index (χ2n) is 11.8. The molecule has 0 N–H and O–H groups in total. The van der Waals surface area contributed by atoms with E-state index in [1.807, 2.05) is 0 Å². The van der Waals surface area contributed by atoms with Crippen LogP contribution in [0.5, 0.6) is 0 Å². The third kappa shape index (κ3) is 7.69. The first kappa shape index (κ1) is 33.3. The largest absolute Gasteiger partial charge is 0.389 e. The zero-order valence-corrected chi connectivity index (χ0v) is 24.7. The second kappa shape index (κ2) is 14.2. The van der Waals surface area contributed by atoms with Gasteiger partial charge >= 0.3 is 6.11 Å². The molecular weight excluding hydrogens is 608 g/mol. The SMILES string of the molecule is CCCCCC1COC(c2ccc(-c3cc(F)c(C(F)(F)OC4CCC(c5cc(F)c(F)c(F)c5)CC4)c(F)c3)c(F)c2)OC1. The molecule has 2 fully saturated rings. The van der Waals surface area contributed by atoms with Gasteiger partial charge in [0.15, 0.2) is 23.7 Å². The molecule has 0 bridgehead atoms. The Balaban J connectivity index is 1.23. The van der Waals surface area contributed by atoms with Crippen LogP contribution in [0.1, 0.15) is 87.2 Å². The first-order valence-corrected chi connectivity index (χ1v) is 15.2. The van der Waals surface area contributed by atoms with Gasteiger partial charge in [0, 0.05) is 17.0 Å². The van der Waals surface area contributed by atoms with Crippen LogP contribution in [0, 0.1) is 40.8 Å². The highest BCUT2D eigenvalue weighted by Crippen LogP contribution is 2.42. The number of hydrogen-bond acceptors (Lipinski definition) is 3. The third-order valence-corrected chi connectivity index (χ3v) is 8.56. The number of hydrogen-bond donors (Lipinski definition) is 0. The smallest absolute Gasteiger partial charge is 0.348 e. The Hall–Kier alpha value is -3.02. The topological polar surface area (TPSA) is 27.7 Å². The van der Waals surface area contributed by atoms with Crippen molar-refractivity contribution in [2.24, 2.45) is 5.92 Å². The van der Waals surface area contributed by atoms with E-state index in [-0.39, 0.29) is 48.3 Å². The number of halogens is 8. The molecule has 0 spiro atoms. The van der Waals surface area contributed by atoms with Crippen molar-refractivity contribution in [3.05, 3.63) is 94.1 Å². The summed E-state index contributed by atoms with van der Waals surface area (Å²) < 4.78 is 132. The lowest BCUT2D eigenvalue weighted by molar-refractivity contribution is -0.280. The van der Waals surface area contributed by atoms with Crippen LogP contribution in [0.25, 0.3) is 11.1 Å². The molecule has 3 nitrogen and oxygen atoms in total. The molecule has 3 aromatic rings. The highest BCUT2D eigenvalue weighted by atomic mass is 19.3. The van der Waals surface area contributed by atoms with Gasteiger partial charge in [-0.05, 0) is 79.5 Å². The quantitative estimate of drug-likeness (QED) is 0.125. The standard InChI is InChI=1S/C34H34F8O3/c1-2-3-4-5-19-17-43-33(44-18-19)21-8-11-25(26(35)12-21)23-15-27(36)31(28(37)16-23)34(41,42)45-24-9-6-20(7-10-24)22-13-29(38)32(40)30(39)14-22/h8,11-16,19-20,24,33H,2-7,9-10,17-18H2,1H3. The molecule has 0 unspecified atom stereocenters. The number of ether oxygens (including phenoxy) is 3. The normalized spacial score (nSPS) is 22.5. The maximum atomic E-state index is 15.1. The fraction of sp³-hybridized carbons (Fsp3) is 0.471. The molecule has 0 amide bonds. The van der Waals surface area contributed by atoms with Crippen molar-refractivity contribution in [2.45, 2.75) is 82.7 Å². The Morgan fingerprint density at radius 3 is 1.91 bits per heavy atom. The first-order valence-electron chi connectivity index (χ1n) is 15.2. The average molecular weight is 643 g/mol. The molecule has 0 atom stereocenters. The molecule has 0 aromatic heterocycles. The minimum absolute atomic E-state index is 0.00763. The summed E-state index contributed by atoms with van der Waals surface area (Å²) >= 11 is 0. The number of rotatable bonds is 10. The molecule has 0 radical (unpaired) electrons. The summed E-state index contributed by atoms with van der Waals surface area (Å²) in [5.41, 5.74) is -1.52. The lowest BCUT2D eigenvalue weighted by atomic mass is 9.82. The highest BCUT2D eigenvalue weighted by Gasteiger charge is 2.43. The van der Waals surface area contributed by atoms with Crippen molar-refractivity contribution in [3.8, 4) is 11.1 Å². The van der Waals surface area contributed by atoms with Crippen molar-refractivity contribution in [1.29, 1.82) is 0 Å². The van der Waals surface area contributed by atoms with Crippen LogP contribution < -0.4 is 0 Å². The lowest BCUT2D eigenvalue weighted by Crippen LogP contribution is -2.31. The van der Waals surface area contributed by atoms with Gasteiger partial charge in [0.1, 0.15) is 23.0 Å². The molecule has 5 rings (SSSR count). The van der Waals surface area contributed by atoms with E-state index < -0.39 is 64.9 Å². The Kier molecular flexibility index (Phi) is 10.5. The molecule has 1 aliphatic heterocycles. The van der Waals surface area contributed by atoms with E-state index in [1.54, 1.807) is 0 Å². The van der Waals surface area contributed by atoms with Gasteiger partial charge in [-0.25, -0.2) is 26.3 Å². The third-order valence-electron chi connectivity index (χ3n) is 8.56. The minimum Gasteiger partial charge on any atom is -0.348 e. The monoisotopic (exact) mass is 642 g/mol. The summed E-state index contributed by atoms with van der Waals surface area (Å²) in [5.74, 6) is -8.54. The van der Waals surface area contributed by atoms with Crippen LogP contribution >= 0.6 is 0 Å². The Morgan fingerprint density at radius 1 is 0.733 bits per heavy atom. The van der Waals surface area contributed by atoms with Crippen molar-refractivity contribution in [1.82, 2.24) is 0 Å². The fourth-order valence-electron chi connectivity index (χ4n) is 6.10. The van der Waals surface area contributed by atoms with Gasteiger partial charge in [0.2, 0.25) is 0 Å². The summed E-state index contributed by atoms with van der Waals surface area (Å²) in [7, 11) is 0. The summed E-state index contributed by atoms with van der Waals surface area (Å²) in [6, 6.07) is 6.88. The Labute approximate surface area is 256 Å². The second-order valence-corrected chi connectivity index (χ2v) is 11.8. The van der Waals surface area contributed by atoms with Gasteiger partial charge in [-0.2, -0.15) is 8.78 Å². The zero-order valence-electron chi connectivity index (χ0n) is 24.7. The Morgan fingerprint density at radius 2 is 1.33 bits per heavy atom. The molecule has 3 aromatic carbocycles. The molecule has 45 heavy (non-hydrogen) atoms. The van der Waals surface area contributed by atoms with Crippen molar-refractivity contribution >= 4 is 0 Å². The molecule has 1 saturated carbocycles. The van der Waals surface area contributed by atoms with E-state index in [0.29, 0.717) is 30.9 Å². The number of alkyl halides is 2. The van der Waals surface area contributed by atoms with Crippen LogP contribution in [-0.4, -0.2) is 19.3 Å². The predicted octanol–water partition coefficient (Wildman–Crippen LogP) is 10.2. The summed E-state index contributed by atoms with van der Waals surface area (Å²) in [6.07, 6.45) is -1.62. The molecule has 11 heteroatoms. The molecule has 1 saturated heterocycles. The molecular formula is C34H34F8O3. The van der Waals surface area contributed by atoms with Crippen LogP contribution in [-0.2, 0) is 20.3 Å². The average Bonchev–Trinajstić information content (AvgIpc) is 2.99. The summed E-state index contributed by atoms with van der Waals surface area (Å²) in [6.45, 7) is 3.04. The highest BCUT2D eigenvalue weighted by molar-refractivity contribution is 5.65. The van der Waals surface area contributed by atoms with Crippen molar-refractivity contribution in [3.63, 3.8) is 0 Å². The summed E-state index contributed by atoms with van der Waals surface area (Å²) in [5, 5.41) is 0. The Bertz CT molecular complexity index is 1430. The van der Waals surface area contributed by atoms with Crippen LogP contribution in [0.3, 0.4) is 0 Å². The van der Waals surface area contributed by atoms with E-state index in [1.165, 1.54) is 12.1 Å². The molecule has 1 aliphatic carbocycles. The predicted molar refractivity (Wildman–Crippen MR) is 150 cm³/mol. The number of unbranched alkanes of at least 4 members (excludes halogenated alkanes) is 2. The van der Waals surface area contributed by atoms with E-state index in [0.717, 1.165) is 43.9 Å². The summed E-state index contributed by atoms with van der Waals surface area (Å²) in [4.78, 5) is 0. The van der Waals surface area contributed by atoms with Crippen LogP contribution in [0.15, 0.2) is 42.5 Å². The zero-order chi connectivity index (χ0) is 32.3. The van der Waals surface area contributed by atoms with Gasteiger partial charge < -0.3 is 14.2 Å². The van der Waals surface area contributed by atoms with Gasteiger partial charge in [0.05, 0.1) is 19.3 Å². The maximum Gasteiger partial charge on any atom is 0.389 e. The van der Waals surface area contributed by atoms with E-state index in [9.17, 15) is 13.2 Å². The molecule has 2 aliphatic rings. The van der Waals surface area contributed by atoms with Gasteiger partial charge in [-0.3, -0.25) is 0 Å². The van der Waals surface area contributed by atoms with E-state index >= 15 is 22.0 Å². The lowest BCUT2D eigenvalue weighted by Gasteiger charge is -2.31. The fourth-order valence-corrected chi connectivity index (χ4v) is 6.10. The maximum absolute atomic E-state index is 15.1. The van der Waals surface area contributed by atoms with Crippen molar-refractivity contribution in [2.75, 3.05) is 13.2 Å². The van der Waals surface area contributed by atoms with Gasteiger partial charge in [-0.1, -0.05) is 38.3 Å². The van der Waals surface area contributed by atoms with Crippen LogP contribution in [0.4, 0.5) is 35.1 Å². The number of benzene rings is 3.